The van der Waals surface area contributed by atoms with Crippen molar-refractivity contribution in [2.75, 3.05) is 19.8 Å². The molecular formula is C16H22F3NO. The number of nitrogens with one attached hydrogen (secondary N) is 1. The van der Waals surface area contributed by atoms with Crippen LogP contribution in [0.5, 0.6) is 0 Å². The summed E-state index contributed by atoms with van der Waals surface area (Å²) in [6, 6.07) is 8.10. The van der Waals surface area contributed by atoms with Crippen molar-refractivity contribution in [2.24, 2.45) is 5.92 Å². The number of rotatable bonds is 9. The summed E-state index contributed by atoms with van der Waals surface area (Å²) < 4.78 is 43.4. The van der Waals surface area contributed by atoms with Crippen molar-refractivity contribution in [3.05, 3.63) is 35.9 Å². The highest BCUT2D eigenvalue weighted by Gasteiger charge is 2.32. The smallest absolute Gasteiger partial charge is 0.381 e. The monoisotopic (exact) mass is 301 g/mol. The molecule has 1 aromatic carbocycles. The third kappa shape index (κ3) is 6.96. The molecule has 1 aliphatic carbocycles. The lowest BCUT2D eigenvalue weighted by atomic mass is 10.0. The number of halogens is 3. The topological polar surface area (TPSA) is 21.3 Å². The van der Waals surface area contributed by atoms with Gasteiger partial charge >= 0.3 is 6.18 Å². The lowest BCUT2D eigenvalue weighted by Crippen LogP contribution is -2.28. The second kappa shape index (κ2) is 7.80. The fourth-order valence-electron chi connectivity index (χ4n) is 2.21. The molecule has 1 atom stereocenters. The standard InChI is InChI=1S/C16H22F3NO/c17-16(18,19)11-15(14-5-2-1-3-6-14)20-9-4-10-21-12-13-7-8-13/h1-3,5-6,13,15,20H,4,7-12H2. The van der Waals surface area contributed by atoms with Gasteiger partial charge in [-0.25, -0.2) is 0 Å². The van der Waals surface area contributed by atoms with E-state index in [0.29, 0.717) is 18.7 Å². The highest BCUT2D eigenvalue weighted by Crippen LogP contribution is 2.30. The number of ether oxygens (including phenoxy) is 1. The van der Waals surface area contributed by atoms with E-state index >= 15 is 0 Å². The van der Waals surface area contributed by atoms with E-state index in [1.54, 1.807) is 30.3 Å². The molecule has 0 spiro atoms. The van der Waals surface area contributed by atoms with E-state index in [4.69, 9.17) is 4.74 Å². The molecule has 0 radical (unpaired) electrons. The van der Waals surface area contributed by atoms with Crippen molar-refractivity contribution in [1.29, 1.82) is 0 Å². The molecule has 21 heavy (non-hydrogen) atoms. The zero-order valence-corrected chi connectivity index (χ0v) is 12.0. The predicted octanol–water partition coefficient (Wildman–Crippen LogP) is 4.09. The van der Waals surface area contributed by atoms with Crippen molar-refractivity contribution in [3.8, 4) is 0 Å². The van der Waals surface area contributed by atoms with Gasteiger partial charge in [-0.3, -0.25) is 0 Å². The van der Waals surface area contributed by atoms with Gasteiger partial charge in [0.15, 0.2) is 0 Å². The maximum atomic E-state index is 12.7. The molecule has 1 aliphatic rings. The molecule has 0 aliphatic heterocycles. The summed E-state index contributed by atoms with van der Waals surface area (Å²) in [7, 11) is 0. The molecule has 1 fully saturated rings. The number of alkyl halides is 3. The minimum absolute atomic E-state index is 0.528. The highest BCUT2D eigenvalue weighted by atomic mass is 19.4. The largest absolute Gasteiger partial charge is 0.390 e. The summed E-state index contributed by atoms with van der Waals surface area (Å²) >= 11 is 0. The van der Waals surface area contributed by atoms with Gasteiger partial charge in [0.05, 0.1) is 6.42 Å². The molecule has 0 amide bonds. The van der Waals surface area contributed by atoms with E-state index in [9.17, 15) is 13.2 Å². The van der Waals surface area contributed by atoms with Crippen LogP contribution in [0, 0.1) is 5.92 Å². The van der Waals surface area contributed by atoms with Crippen LogP contribution in [-0.4, -0.2) is 25.9 Å². The zero-order chi connectivity index (χ0) is 15.1. The van der Waals surface area contributed by atoms with Gasteiger partial charge in [-0.1, -0.05) is 30.3 Å². The molecule has 1 N–H and O–H groups in total. The Hall–Kier alpha value is -1.07. The van der Waals surface area contributed by atoms with Crippen LogP contribution in [0.1, 0.15) is 37.3 Å². The van der Waals surface area contributed by atoms with Gasteiger partial charge in [-0.15, -0.1) is 0 Å². The Bertz CT molecular complexity index is 404. The van der Waals surface area contributed by atoms with Gasteiger partial charge in [0.2, 0.25) is 0 Å². The van der Waals surface area contributed by atoms with Crippen LogP contribution in [0.2, 0.25) is 0 Å². The minimum Gasteiger partial charge on any atom is -0.381 e. The van der Waals surface area contributed by atoms with Gasteiger partial charge in [0.1, 0.15) is 0 Å². The van der Waals surface area contributed by atoms with E-state index in [2.05, 4.69) is 5.32 Å². The molecule has 5 heteroatoms. The number of hydrogen-bond donors (Lipinski definition) is 1. The third-order valence-corrected chi connectivity index (χ3v) is 3.54. The average Bonchev–Trinajstić information content (AvgIpc) is 3.25. The molecule has 118 valence electrons. The molecule has 2 rings (SSSR count). The van der Waals surface area contributed by atoms with Crippen LogP contribution in [0.15, 0.2) is 30.3 Å². The zero-order valence-electron chi connectivity index (χ0n) is 12.0. The van der Waals surface area contributed by atoms with Crippen LogP contribution >= 0.6 is 0 Å². The van der Waals surface area contributed by atoms with E-state index in [0.717, 1.165) is 18.9 Å². The Balaban J connectivity index is 1.73. The van der Waals surface area contributed by atoms with E-state index in [1.807, 2.05) is 0 Å². The molecule has 0 saturated heterocycles. The summed E-state index contributed by atoms with van der Waals surface area (Å²) in [5.74, 6) is 0.722. The first-order valence-corrected chi connectivity index (χ1v) is 7.47. The molecule has 1 unspecified atom stereocenters. The van der Waals surface area contributed by atoms with Crippen LogP contribution < -0.4 is 5.32 Å². The van der Waals surface area contributed by atoms with E-state index in [-0.39, 0.29) is 0 Å². The van der Waals surface area contributed by atoms with Gasteiger partial charge < -0.3 is 10.1 Å². The Morgan fingerprint density at radius 3 is 2.52 bits per heavy atom. The summed E-state index contributed by atoms with van der Waals surface area (Å²) in [5, 5.41) is 3.00. The van der Waals surface area contributed by atoms with E-state index < -0.39 is 18.6 Å². The summed E-state index contributed by atoms with van der Waals surface area (Å²) in [5.41, 5.74) is 0.675. The van der Waals surface area contributed by atoms with Crippen LogP contribution in [0.4, 0.5) is 13.2 Å². The molecule has 1 aromatic rings. The van der Waals surface area contributed by atoms with Crippen molar-refractivity contribution in [1.82, 2.24) is 5.32 Å². The fraction of sp³-hybridized carbons (Fsp3) is 0.625. The second-order valence-corrected chi connectivity index (χ2v) is 5.61. The maximum Gasteiger partial charge on any atom is 0.390 e. The molecule has 2 nitrogen and oxygen atoms in total. The molecule has 0 aromatic heterocycles. The lowest BCUT2D eigenvalue weighted by molar-refractivity contribution is -0.140. The van der Waals surface area contributed by atoms with Crippen LogP contribution in [0.25, 0.3) is 0 Å². The number of benzene rings is 1. The third-order valence-electron chi connectivity index (χ3n) is 3.54. The van der Waals surface area contributed by atoms with Gasteiger partial charge in [-0.2, -0.15) is 13.2 Å². The summed E-state index contributed by atoms with van der Waals surface area (Å²) in [6.45, 7) is 1.93. The minimum atomic E-state index is -4.17. The Morgan fingerprint density at radius 2 is 1.90 bits per heavy atom. The first-order chi connectivity index (χ1) is 10.0. The van der Waals surface area contributed by atoms with Gasteiger partial charge in [0, 0.05) is 19.3 Å². The SMILES string of the molecule is FC(F)(F)CC(NCCCOCC1CC1)c1ccccc1. The van der Waals surface area contributed by atoms with Crippen LogP contribution in [0.3, 0.4) is 0 Å². The fourth-order valence-corrected chi connectivity index (χ4v) is 2.21. The average molecular weight is 301 g/mol. The first kappa shape index (κ1) is 16.3. The van der Waals surface area contributed by atoms with Gasteiger partial charge in [0.25, 0.3) is 0 Å². The second-order valence-electron chi connectivity index (χ2n) is 5.61. The Kier molecular flexibility index (Phi) is 6.06. The maximum absolute atomic E-state index is 12.7. The summed E-state index contributed by atoms with van der Waals surface area (Å²) in [6.07, 6.45) is -1.79. The van der Waals surface area contributed by atoms with Crippen molar-refractivity contribution < 1.29 is 17.9 Å². The number of hydrogen-bond acceptors (Lipinski definition) is 2. The van der Waals surface area contributed by atoms with Crippen LogP contribution in [-0.2, 0) is 4.74 Å². The highest BCUT2D eigenvalue weighted by molar-refractivity contribution is 5.19. The predicted molar refractivity (Wildman–Crippen MR) is 76.0 cm³/mol. The lowest BCUT2D eigenvalue weighted by Gasteiger charge is -2.20. The van der Waals surface area contributed by atoms with E-state index in [1.165, 1.54) is 12.8 Å². The normalized spacial score (nSPS) is 16.9. The molecule has 0 bridgehead atoms. The summed E-state index contributed by atoms with van der Waals surface area (Å²) in [4.78, 5) is 0. The van der Waals surface area contributed by atoms with Gasteiger partial charge in [-0.05, 0) is 37.3 Å². The van der Waals surface area contributed by atoms with Crippen molar-refractivity contribution >= 4 is 0 Å². The Labute approximate surface area is 123 Å². The molecule has 0 heterocycles. The van der Waals surface area contributed by atoms with Crippen molar-refractivity contribution in [3.63, 3.8) is 0 Å². The van der Waals surface area contributed by atoms with Crippen molar-refractivity contribution in [2.45, 2.75) is 37.9 Å². The molecule has 1 saturated carbocycles. The Morgan fingerprint density at radius 1 is 1.19 bits per heavy atom. The molecular weight excluding hydrogens is 279 g/mol. The first-order valence-electron chi connectivity index (χ1n) is 7.47. The quantitative estimate of drug-likeness (QED) is 0.694.